The van der Waals surface area contributed by atoms with Crippen molar-refractivity contribution in [2.75, 3.05) is 13.6 Å². The third-order valence-corrected chi connectivity index (χ3v) is 5.99. The second-order valence-corrected chi connectivity index (χ2v) is 9.51. The number of urea groups is 1. The van der Waals surface area contributed by atoms with Crippen molar-refractivity contribution in [1.82, 2.24) is 20.5 Å². The van der Waals surface area contributed by atoms with Crippen molar-refractivity contribution in [3.05, 3.63) is 52.0 Å². The molecule has 0 bridgehead atoms. The van der Waals surface area contributed by atoms with Crippen LogP contribution in [-0.4, -0.2) is 47.2 Å². The molecule has 0 spiro atoms. The van der Waals surface area contributed by atoms with Crippen molar-refractivity contribution in [1.29, 1.82) is 0 Å². The second-order valence-electron chi connectivity index (χ2n) is 8.62. The SMILES string of the molecule is CC.CC(=O)CNC(=O)C(NC(=O)N(C)Cc1csc(C(C)C)n1)C(C)C.CCc1ccccc1. The van der Waals surface area contributed by atoms with Crippen LogP contribution in [0.25, 0.3) is 0 Å². The molecule has 1 aromatic carbocycles. The van der Waals surface area contributed by atoms with E-state index in [0.717, 1.165) is 17.1 Å². The van der Waals surface area contributed by atoms with Crippen LogP contribution in [0.15, 0.2) is 35.7 Å². The number of aromatic nitrogens is 1. The third kappa shape index (κ3) is 13.1. The van der Waals surface area contributed by atoms with Crippen molar-refractivity contribution in [2.24, 2.45) is 5.92 Å². The Balaban J connectivity index is 0.000000961. The Labute approximate surface area is 215 Å². The lowest BCUT2D eigenvalue weighted by molar-refractivity contribution is -0.126. The zero-order valence-corrected chi connectivity index (χ0v) is 23.7. The predicted molar refractivity (Wildman–Crippen MR) is 146 cm³/mol. The number of Topliss-reactive ketones (excluding diaryl/α,β-unsaturated/α-hetero) is 1. The highest BCUT2D eigenvalue weighted by atomic mass is 32.1. The van der Waals surface area contributed by atoms with Crippen LogP contribution in [0.4, 0.5) is 4.79 Å². The minimum atomic E-state index is -0.698. The molecular formula is C27H44N4O3S. The maximum absolute atomic E-state index is 12.4. The number of aryl methyl sites for hydroxylation is 1. The van der Waals surface area contributed by atoms with Crippen molar-refractivity contribution in [3.63, 3.8) is 0 Å². The average Bonchev–Trinajstić information content (AvgIpc) is 3.31. The summed E-state index contributed by atoms with van der Waals surface area (Å²) in [5.41, 5.74) is 2.24. The van der Waals surface area contributed by atoms with Gasteiger partial charge in [-0.15, -0.1) is 11.3 Å². The van der Waals surface area contributed by atoms with Gasteiger partial charge in [-0.1, -0.05) is 78.8 Å². The first kappa shape index (κ1) is 32.3. The minimum Gasteiger partial charge on any atom is -0.347 e. The Morgan fingerprint density at radius 3 is 2.09 bits per heavy atom. The van der Waals surface area contributed by atoms with E-state index in [2.05, 4.69) is 60.7 Å². The number of nitrogens with one attached hydrogen (secondary N) is 2. The molecule has 0 aliphatic rings. The molecule has 2 N–H and O–H groups in total. The van der Waals surface area contributed by atoms with E-state index >= 15 is 0 Å². The van der Waals surface area contributed by atoms with Crippen LogP contribution in [0.2, 0.25) is 0 Å². The molecule has 196 valence electrons. The van der Waals surface area contributed by atoms with Crippen LogP contribution >= 0.6 is 11.3 Å². The highest BCUT2D eigenvalue weighted by molar-refractivity contribution is 7.09. The molecule has 1 unspecified atom stereocenters. The molecule has 8 heteroatoms. The lowest BCUT2D eigenvalue weighted by Gasteiger charge is -2.25. The molecule has 0 saturated heterocycles. The number of carbonyl (C=O) groups excluding carboxylic acids is 3. The van der Waals surface area contributed by atoms with Gasteiger partial charge in [-0.25, -0.2) is 9.78 Å². The topological polar surface area (TPSA) is 91.4 Å². The van der Waals surface area contributed by atoms with Crippen LogP contribution in [0.3, 0.4) is 0 Å². The highest BCUT2D eigenvalue weighted by Crippen LogP contribution is 2.19. The largest absolute Gasteiger partial charge is 0.347 e. The van der Waals surface area contributed by atoms with Gasteiger partial charge in [-0.05, 0) is 24.8 Å². The minimum absolute atomic E-state index is 0.0371. The second kappa shape index (κ2) is 17.7. The molecule has 2 aromatic rings. The third-order valence-electron chi connectivity index (χ3n) is 4.80. The molecule has 0 saturated carbocycles. The van der Waals surface area contributed by atoms with Crippen LogP contribution in [0.1, 0.15) is 77.6 Å². The normalized spacial score (nSPS) is 10.9. The Morgan fingerprint density at radius 1 is 1.06 bits per heavy atom. The average molecular weight is 505 g/mol. The van der Waals surface area contributed by atoms with Gasteiger partial charge in [-0.3, -0.25) is 9.59 Å². The molecule has 0 aliphatic carbocycles. The van der Waals surface area contributed by atoms with Gasteiger partial charge in [0, 0.05) is 18.3 Å². The van der Waals surface area contributed by atoms with Gasteiger partial charge in [0.2, 0.25) is 5.91 Å². The van der Waals surface area contributed by atoms with Crippen LogP contribution < -0.4 is 10.6 Å². The number of hydrogen-bond donors (Lipinski definition) is 2. The monoisotopic (exact) mass is 504 g/mol. The van der Waals surface area contributed by atoms with Crippen LogP contribution in [0.5, 0.6) is 0 Å². The van der Waals surface area contributed by atoms with E-state index in [4.69, 9.17) is 0 Å². The quantitative estimate of drug-likeness (QED) is 0.477. The van der Waals surface area contributed by atoms with Crippen molar-refractivity contribution in [3.8, 4) is 0 Å². The predicted octanol–water partition coefficient (Wildman–Crippen LogP) is 5.41. The Morgan fingerprint density at radius 2 is 1.66 bits per heavy atom. The summed E-state index contributed by atoms with van der Waals surface area (Å²) < 4.78 is 0. The molecule has 1 atom stereocenters. The van der Waals surface area contributed by atoms with Gasteiger partial charge in [0.05, 0.1) is 23.8 Å². The molecule has 7 nitrogen and oxygen atoms in total. The van der Waals surface area contributed by atoms with Crippen LogP contribution in [-0.2, 0) is 22.6 Å². The molecule has 2 rings (SSSR count). The number of carbonyl (C=O) groups is 3. The van der Waals surface area contributed by atoms with E-state index in [1.54, 1.807) is 18.4 Å². The van der Waals surface area contributed by atoms with Crippen molar-refractivity contribution < 1.29 is 14.4 Å². The van der Waals surface area contributed by atoms with E-state index in [0.29, 0.717) is 12.5 Å². The number of thiazole rings is 1. The van der Waals surface area contributed by atoms with E-state index < -0.39 is 6.04 Å². The van der Waals surface area contributed by atoms with Crippen LogP contribution in [0, 0.1) is 5.92 Å². The number of nitrogens with zero attached hydrogens (tertiary/aromatic N) is 2. The number of rotatable bonds is 9. The van der Waals surface area contributed by atoms with E-state index in [1.165, 1.54) is 17.4 Å². The summed E-state index contributed by atoms with van der Waals surface area (Å²) in [5, 5.41) is 8.25. The summed E-state index contributed by atoms with van der Waals surface area (Å²) in [5.74, 6) is -0.240. The number of amides is 3. The fourth-order valence-electron chi connectivity index (χ4n) is 2.79. The Hall–Kier alpha value is -2.74. The van der Waals surface area contributed by atoms with E-state index in [1.807, 2.05) is 39.1 Å². The van der Waals surface area contributed by atoms with Crippen molar-refractivity contribution >= 4 is 29.1 Å². The van der Waals surface area contributed by atoms with Gasteiger partial charge in [-0.2, -0.15) is 0 Å². The number of benzene rings is 1. The molecule has 0 fully saturated rings. The summed E-state index contributed by atoms with van der Waals surface area (Å²) in [6, 6.07) is 9.41. The fourth-order valence-corrected chi connectivity index (χ4v) is 3.61. The number of ketones is 1. The summed E-state index contributed by atoms with van der Waals surface area (Å²) in [4.78, 5) is 41.6. The van der Waals surface area contributed by atoms with Gasteiger partial charge >= 0.3 is 6.03 Å². The zero-order valence-electron chi connectivity index (χ0n) is 22.8. The number of hydrogen-bond acceptors (Lipinski definition) is 5. The van der Waals surface area contributed by atoms with Gasteiger partial charge in [0.25, 0.3) is 0 Å². The lowest BCUT2D eigenvalue weighted by Crippen LogP contribution is -2.53. The summed E-state index contributed by atoms with van der Waals surface area (Å²) in [6.07, 6.45) is 1.14. The Kier molecular flexibility index (Phi) is 16.3. The zero-order chi connectivity index (χ0) is 27.0. The molecule has 1 heterocycles. The molecule has 35 heavy (non-hydrogen) atoms. The molecular weight excluding hydrogens is 460 g/mol. The van der Waals surface area contributed by atoms with Crippen molar-refractivity contribution in [2.45, 2.75) is 80.3 Å². The van der Waals surface area contributed by atoms with Gasteiger partial charge in [0.1, 0.15) is 11.8 Å². The molecule has 0 radical (unpaired) electrons. The Bertz CT molecular complexity index is 882. The molecule has 0 aliphatic heterocycles. The summed E-state index contributed by atoms with van der Waals surface area (Å²) in [7, 11) is 1.66. The smallest absolute Gasteiger partial charge is 0.318 e. The van der Waals surface area contributed by atoms with E-state index in [9.17, 15) is 14.4 Å². The maximum Gasteiger partial charge on any atom is 0.318 e. The summed E-state index contributed by atoms with van der Waals surface area (Å²) in [6.45, 7) is 15.7. The van der Waals surface area contributed by atoms with Gasteiger partial charge in [0.15, 0.2) is 0 Å². The standard InChI is InChI=1S/C17H28N4O3S.C8H10.C2H6/c1-10(2)14(15(23)18-7-12(5)22)20-17(24)21(6)8-13-9-25-16(19-13)11(3)4;1-2-8-6-4-3-5-7-8;1-2/h9-11,14H,7-8H2,1-6H3,(H,18,23)(H,20,24);3-7H,2H2,1H3;1-2H3. The highest BCUT2D eigenvalue weighted by Gasteiger charge is 2.25. The lowest BCUT2D eigenvalue weighted by atomic mass is 10.0. The first-order chi connectivity index (χ1) is 16.5. The summed E-state index contributed by atoms with van der Waals surface area (Å²) >= 11 is 1.58. The maximum atomic E-state index is 12.4. The molecule has 1 aromatic heterocycles. The fraction of sp³-hybridized carbons (Fsp3) is 0.556. The first-order valence-corrected chi connectivity index (χ1v) is 13.2. The van der Waals surface area contributed by atoms with E-state index in [-0.39, 0.29) is 30.2 Å². The first-order valence-electron chi connectivity index (χ1n) is 12.3. The van der Waals surface area contributed by atoms with Gasteiger partial charge < -0.3 is 15.5 Å². The molecule has 3 amide bonds.